The van der Waals surface area contributed by atoms with Gasteiger partial charge in [0.25, 0.3) is 0 Å². The molecule has 1 heterocycles. The molecular formula is C11H17N3O. The van der Waals surface area contributed by atoms with Crippen LogP contribution in [-0.2, 0) is 4.79 Å². The number of carbonyl (C=O) groups excluding carboxylic acids is 1. The van der Waals surface area contributed by atoms with Crippen LogP contribution in [0.15, 0.2) is 18.3 Å². The van der Waals surface area contributed by atoms with Crippen LogP contribution in [0.4, 0.5) is 5.69 Å². The lowest BCUT2D eigenvalue weighted by Gasteiger charge is -2.05. The van der Waals surface area contributed by atoms with E-state index >= 15 is 0 Å². The molecule has 0 radical (unpaired) electrons. The van der Waals surface area contributed by atoms with E-state index in [0.717, 1.165) is 30.8 Å². The summed E-state index contributed by atoms with van der Waals surface area (Å²) in [6.45, 7) is 2.81. The van der Waals surface area contributed by atoms with Gasteiger partial charge in [-0.05, 0) is 31.9 Å². The number of nitrogens with two attached hydrogens (primary N) is 1. The van der Waals surface area contributed by atoms with Gasteiger partial charge >= 0.3 is 0 Å². The quantitative estimate of drug-likeness (QED) is 0.694. The van der Waals surface area contributed by atoms with Gasteiger partial charge in [0.05, 0.1) is 0 Å². The number of pyridine rings is 1. The first-order valence-electron chi connectivity index (χ1n) is 5.13. The van der Waals surface area contributed by atoms with Crippen molar-refractivity contribution < 1.29 is 4.79 Å². The molecule has 0 atom stereocenters. The molecular weight excluding hydrogens is 190 g/mol. The maximum atomic E-state index is 10.5. The third-order valence-electron chi connectivity index (χ3n) is 2.08. The Morgan fingerprint density at radius 2 is 2.33 bits per heavy atom. The lowest BCUT2D eigenvalue weighted by atomic mass is 10.2. The van der Waals surface area contributed by atoms with Crippen LogP contribution in [0, 0.1) is 6.92 Å². The molecule has 0 saturated carbocycles. The molecule has 1 aromatic rings. The van der Waals surface area contributed by atoms with E-state index < -0.39 is 0 Å². The average molecular weight is 207 g/mol. The van der Waals surface area contributed by atoms with E-state index in [1.54, 1.807) is 6.20 Å². The summed E-state index contributed by atoms with van der Waals surface area (Å²) < 4.78 is 0. The topological polar surface area (TPSA) is 68.0 Å². The van der Waals surface area contributed by atoms with Gasteiger partial charge < -0.3 is 11.1 Å². The number of aryl methyl sites for hydroxylation is 1. The Morgan fingerprint density at radius 1 is 1.53 bits per heavy atom. The number of amides is 1. The maximum Gasteiger partial charge on any atom is 0.217 e. The summed E-state index contributed by atoms with van der Waals surface area (Å²) in [5, 5.41) is 3.27. The van der Waals surface area contributed by atoms with Gasteiger partial charge in [-0.1, -0.05) is 0 Å². The highest BCUT2D eigenvalue weighted by Crippen LogP contribution is 2.07. The van der Waals surface area contributed by atoms with Crippen molar-refractivity contribution in [1.82, 2.24) is 4.98 Å². The summed E-state index contributed by atoms with van der Waals surface area (Å²) in [5.41, 5.74) is 7.11. The first-order valence-corrected chi connectivity index (χ1v) is 5.13. The fraction of sp³-hybridized carbons (Fsp3) is 0.455. The van der Waals surface area contributed by atoms with Crippen LogP contribution in [0.3, 0.4) is 0 Å². The Balaban J connectivity index is 2.17. The third-order valence-corrected chi connectivity index (χ3v) is 2.08. The first-order chi connectivity index (χ1) is 7.18. The van der Waals surface area contributed by atoms with E-state index in [0.29, 0.717) is 6.42 Å². The van der Waals surface area contributed by atoms with Gasteiger partial charge in [0.15, 0.2) is 0 Å². The number of nitrogens with zero attached hydrogens (tertiary/aromatic N) is 1. The molecule has 82 valence electrons. The molecule has 15 heavy (non-hydrogen) atoms. The van der Waals surface area contributed by atoms with Crippen molar-refractivity contribution in [3.63, 3.8) is 0 Å². The normalized spacial score (nSPS) is 9.93. The summed E-state index contributed by atoms with van der Waals surface area (Å²) in [5.74, 6) is -0.227. The summed E-state index contributed by atoms with van der Waals surface area (Å²) >= 11 is 0. The highest BCUT2D eigenvalue weighted by Gasteiger charge is 1.95. The summed E-state index contributed by atoms with van der Waals surface area (Å²) in [6.07, 6.45) is 4.04. The van der Waals surface area contributed by atoms with Crippen molar-refractivity contribution in [3.8, 4) is 0 Å². The molecule has 1 rings (SSSR count). The number of hydrogen-bond donors (Lipinski definition) is 2. The van der Waals surface area contributed by atoms with Crippen molar-refractivity contribution in [2.45, 2.75) is 26.2 Å². The van der Waals surface area contributed by atoms with E-state index in [9.17, 15) is 4.79 Å². The summed E-state index contributed by atoms with van der Waals surface area (Å²) in [4.78, 5) is 14.6. The molecule has 1 amide bonds. The highest BCUT2D eigenvalue weighted by molar-refractivity contribution is 5.73. The minimum atomic E-state index is -0.227. The standard InChI is InChI=1S/C11H17N3O/c1-9-8-10(5-7-13-9)14-6-3-2-4-11(12)15/h5,7-8H,2-4,6H2,1H3,(H2,12,15)(H,13,14). The van der Waals surface area contributed by atoms with Crippen LogP contribution in [0.1, 0.15) is 25.0 Å². The summed E-state index contributed by atoms with van der Waals surface area (Å²) in [7, 11) is 0. The second kappa shape index (κ2) is 6.01. The number of aromatic nitrogens is 1. The molecule has 0 aliphatic carbocycles. The van der Waals surface area contributed by atoms with Crippen LogP contribution in [0.5, 0.6) is 0 Å². The van der Waals surface area contributed by atoms with Crippen LogP contribution < -0.4 is 11.1 Å². The summed E-state index contributed by atoms with van der Waals surface area (Å²) in [6, 6.07) is 3.93. The number of rotatable bonds is 6. The van der Waals surface area contributed by atoms with Crippen molar-refractivity contribution in [2.24, 2.45) is 5.73 Å². The van der Waals surface area contributed by atoms with Crippen LogP contribution in [-0.4, -0.2) is 17.4 Å². The molecule has 0 aliphatic heterocycles. The number of unbranched alkanes of at least 4 members (excludes halogenated alkanes) is 1. The molecule has 0 saturated heterocycles. The fourth-order valence-electron chi connectivity index (χ4n) is 1.31. The van der Waals surface area contributed by atoms with Crippen molar-refractivity contribution in [1.29, 1.82) is 0 Å². The number of primary amides is 1. The number of nitrogens with one attached hydrogen (secondary N) is 1. The number of anilines is 1. The molecule has 0 unspecified atom stereocenters. The predicted molar refractivity (Wildman–Crippen MR) is 60.5 cm³/mol. The van der Waals surface area contributed by atoms with Gasteiger partial charge in [0.2, 0.25) is 5.91 Å². The Hall–Kier alpha value is -1.58. The van der Waals surface area contributed by atoms with Gasteiger partial charge in [-0.3, -0.25) is 9.78 Å². The molecule has 4 heteroatoms. The van der Waals surface area contributed by atoms with Crippen molar-refractivity contribution >= 4 is 11.6 Å². The van der Waals surface area contributed by atoms with Crippen molar-refractivity contribution in [2.75, 3.05) is 11.9 Å². The van der Waals surface area contributed by atoms with E-state index in [4.69, 9.17) is 5.73 Å². The van der Waals surface area contributed by atoms with E-state index in [1.807, 2.05) is 19.1 Å². The predicted octanol–water partition coefficient (Wildman–Crippen LogP) is 1.46. The van der Waals surface area contributed by atoms with Crippen molar-refractivity contribution in [3.05, 3.63) is 24.0 Å². The minimum absolute atomic E-state index is 0.227. The second-order valence-electron chi connectivity index (χ2n) is 3.54. The van der Waals surface area contributed by atoms with E-state index in [2.05, 4.69) is 10.3 Å². The number of carbonyl (C=O) groups is 1. The molecule has 1 aromatic heterocycles. The fourth-order valence-corrected chi connectivity index (χ4v) is 1.31. The van der Waals surface area contributed by atoms with Gasteiger partial charge in [0.1, 0.15) is 0 Å². The van der Waals surface area contributed by atoms with Gasteiger partial charge in [-0.15, -0.1) is 0 Å². The molecule has 3 N–H and O–H groups in total. The SMILES string of the molecule is Cc1cc(NCCCCC(N)=O)ccn1. The van der Waals surface area contributed by atoms with E-state index in [-0.39, 0.29) is 5.91 Å². The third kappa shape index (κ3) is 5.00. The molecule has 0 fully saturated rings. The zero-order valence-electron chi connectivity index (χ0n) is 8.99. The molecule has 0 aromatic carbocycles. The Bertz CT molecular complexity index is 325. The zero-order valence-corrected chi connectivity index (χ0v) is 8.99. The smallest absolute Gasteiger partial charge is 0.217 e. The van der Waals surface area contributed by atoms with Crippen LogP contribution >= 0.6 is 0 Å². The Labute approximate surface area is 89.9 Å². The largest absolute Gasteiger partial charge is 0.385 e. The molecule has 0 aliphatic rings. The van der Waals surface area contributed by atoms with E-state index in [1.165, 1.54) is 0 Å². The van der Waals surface area contributed by atoms with Gasteiger partial charge in [0, 0.05) is 30.5 Å². The monoisotopic (exact) mass is 207 g/mol. The first kappa shape index (κ1) is 11.5. The Kier molecular flexibility index (Phi) is 4.60. The average Bonchev–Trinajstić information content (AvgIpc) is 2.17. The Morgan fingerprint density at radius 3 is 3.00 bits per heavy atom. The number of hydrogen-bond acceptors (Lipinski definition) is 3. The highest BCUT2D eigenvalue weighted by atomic mass is 16.1. The molecule has 4 nitrogen and oxygen atoms in total. The zero-order chi connectivity index (χ0) is 11.1. The second-order valence-corrected chi connectivity index (χ2v) is 3.54. The lowest BCUT2D eigenvalue weighted by molar-refractivity contribution is -0.118. The van der Waals surface area contributed by atoms with Crippen LogP contribution in [0.25, 0.3) is 0 Å². The maximum absolute atomic E-state index is 10.5. The lowest BCUT2D eigenvalue weighted by Crippen LogP contribution is -2.10. The minimum Gasteiger partial charge on any atom is -0.385 e. The molecule has 0 bridgehead atoms. The molecule has 0 spiro atoms. The van der Waals surface area contributed by atoms with Crippen LogP contribution in [0.2, 0.25) is 0 Å². The van der Waals surface area contributed by atoms with Gasteiger partial charge in [-0.2, -0.15) is 0 Å². The van der Waals surface area contributed by atoms with Gasteiger partial charge in [-0.25, -0.2) is 0 Å².